The Kier molecular flexibility index (Phi) is 9.83. The number of unbranched alkanes of at least 4 members (excludes halogenated alkanes) is 5. The van der Waals surface area contributed by atoms with Gasteiger partial charge in [0.2, 0.25) is 0 Å². The van der Waals surface area contributed by atoms with Crippen LogP contribution in [0.1, 0.15) is 57.0 Å². The normalized spacial score (nSPS) is 11.3. The van der Waals surface area contributed by atoms with Crippen LogP contribution in [0.3, 0.4) is 0 Å². The van der Waals surface area contributed by atoms with Crippen LogP contribution in [0.2, 0.25) is 5.02 Å². The van der Waals surface area contributed by atoms with Crippen LogP contribution in [-0.2, 0) is 18.9 Å². The SMILES string of the molecule is CCCCCCCCn1c(COc2ccc(Br)cc2)nnc1SCc1cc(=O)n2cc(Cl)ccc2n1. The van der Waals surface area contributed by atoms with Crippen molar-refractivity contribution in [3.63, 3.8) is 0 Å². The summed E-state index contributed by atoms with van der Waals surface area (Å²) in [7, 11) is 0. The monoisotopic (exact) mass is 589 g/mol. The lowest BCUT2D eigenvalue weighted by Crippen LogP contribution is -2.15. The first-order chi connectivity index (χ1) is 17.5. The Morgan fingerprint density at radius 3 is 2.61 bits per heavy atom. The van der Waals surface area contributed by atoms with Gasteiger partial charge in [-0.1, -0.05) is 78.3 Å². The number of ether oxygens (including phenoxy) is 1. The van der Waals surface area contributed by atoms with Gasteiger partial charge < -0.3 is 9.30 Å². The summed E-state index contributed by atoms with van der Waals surface area (Å²) < 4.78 is 10.6. The van der Waals surface area contributed by atoms with Crippen molar-refractivity contribution >= 4 is 44.9 Å². The number of fused-ring (bicyclic) bond motifs is 1. The van der Waals surface area contributed by atoms with Gasteiger partial charge in [-0.05, 0) is 42.8 Å². The molecule has 0 atom stereocenters. The first kappa shape index (κ1) is 26.7. The van der Waals surface area contributed by atoms with Gasteiger partial charge in [0.1, 0.15) is 18.0 Å². The highest BCUT2D eigenvalue weighted by Crippen LogP contribution is 2.24. The Hall–Kier alpha value is -2.36. The van der Waals surface area contributed by atoms with E-state index in [1.807, 2.05) is 24.3 Å². The molecule has 0 aliphatic carbocycles. The van der Waals surface area contributed by atoms with Crippen molar-refractivity contribution in [1.29, 1.82) is 0 Å². The van der Waals surface area contributed by atoms with Gasteiger partial charge in [0.25, 0.3) is 5.56 Å². The third-order valence-corrected chi connectivity index (χ3v) is 7.49. The lowest BCUT2D eigenvalue weighted by Gasteiger charge is -2.11. The number of hydrogen-bond donors (Lipinski definition) is 0. The molecule has 3 aromatic heterocycles. The first-order valence-electron chi connectivity index (χ1n) is 12.1. The van der Waals surface area contributed by atoms with Gasteiger partial charge in [-0.3, -0.25) is 9.20 Å². The molecule has 0 saturated heterocycles. The summed E-state index contributed by atoms with van der Waals surface area (Å²) in [6.45, 7) is 3.39. The van der Waals surface area contributed by atoms with E-state index < -0.39 is 0 Å². The number of pyridine rings is 1. The topological polar surface area (TPSA) is 74.3 Å². The number of hydrogen-bond acceptors (Lipinski definition) is 6. The van der Waals surface area contributed by atoms with Gasteiger partial charge in [0.05, 0.1) is 10.7 Å². The van der Waals surface area contributed by atoms with Crippen LogP contribution in [0.5, 0.6) is 5.75 Å². The quantitative estimate of drug-likeness (QED) is 0.124. The second kappa shape index (κ2) is 13.3. The van der Waals surface area contributed by atoms with Gasteiger partial charge >= 0.3 is 0 Å². The van der Waals surface area contributed by atoms with Crippen LogP contribution in [0, 0.1) is 0 Å². The zero-order chi connectivity index (χ0) is 25.3. The maximum absolute atomic E-state index is 12.5. The standard InChI is InChI=1S/C26H29BrClN5O2S/c1-2-3-4-5-6-7-14-32-24(17-35-22-11-8-19(27)9-12-22)30-31-26(32)36-18-21-15-25(34)33-16-20(28)10-13-23(33)29-21/h8-13,15-16H,2-7,14,17-18H2,1H3. The number of nitrogens with zero attached hydrogens (tertiary/aromatic N) is 5. The van der Waals surface area contributed by atoms with Crippen LogP contribution in [-0.4, -0.2) is 24.1 Å². The summed E-state index contributed by atoms with van der Waals surface area (Å²) in [4.78, 5) is 17.1. The zero-order valence-electron chi connectivity index (χ0n) is 20.2. The van der Waals surface area contributed by atoms with Gasteiger partial charge in [0.15, 0.2) is 11.0 Å². The van der Waals surface area contributed by atoms with Crippen molar-refractivity contribution in [2.45, 2.75) is 69.5 Å². The molecule has 0 radical (unpaired) electrons. The van der Waals surface area contributed by atoms with Crippen molar-refractivity contribution in [3.8, 4) is 5.75 Å². The molecule has 0 aliphatic heterocycles. The van der Waals surface area contributed by atoms with E-state index in [2.05, 4.69) is 42.6 Å². The van der Waals surface area contributed by atoms with E-state index in [-0.39, 0.29) is 5.56 Å². The molecule has 190 valence electrons. The number of thioether (sulfide) groups is 1. The molecule has 1 aromatic carbocycles. The lowest BCUT2D eigenvalue weighted by molar-refractivity contribution is 0.286. The van der Waals surface area contributed by atoms with Crippen LogP contribution < -0.4 is 10.3 Å². The zero-order valence-corrected chi connectivity index (χ0v) is 23.4. The number of aromatic nitrogens is 5. The van der Waals surface area contributed by atoms with E-state index in [4.69, 9.17) is 16.3 Å². The Bertz CT molecular complexity index is 1340. The average molecular weight is 591 g/mol. The summed E-state index contributed by atoms with van der Waals surface area (Å²) in [5.41, 5.74) is 1.10. The van der Waals surface area contributed by atoms with E-state index in [0.717, 1.165) is 34.2 Å². The third kappa shape index (κ3) is 7.33. The largest absolute Gasteiger partial charge is 0.486 e. The minimum Gasteiger partial charge on any atom is -0.486 e. The molecule has 4 aromatic rings. The van der Waals surface area contributed by atoms with E-state index in [0.29, 0.717) is 28.7 Å². The predicted molar refractivity (Wildman–Crippen MR) is 148 cm³/mol. The molecule has 0 amide bonds. The number of rotatable bonds is 13. The average Bonchev–Trinajstić information content (AvgIpc) is 3.26. The fourth-order valence-electron chi connectivity index (χ4n) is 3.82. The minimum absolute atomic E-state index is 0.157. The molecule has 10 heteroatoms. The minimum atomic E-state index is -0.157. The second-order valence-corrected chi connectivity index (χ2v) is 10.8. The smallest absolute Gasteiger partial charge is 0.258 e. The molecule has 0 aliphatic rings. The molecule has 0 unspecified atom stereocenters. The fourth-order valence-corrected chi connectivity index (χ4v) is 5.13. The summed E-state index contributed by atoms with van der Waals surface area (Å²) in [6.07, 6.45) is 8.83. The summed E-state index contributed by atoms with van der Waals surface area (Å²) in [6, 6.07) is 12.8. The third-order valence-electron chi connectivity index (χ3n) is 5.74. The van der Waals surface area contributed by atoms with Gasteiger partial charge in [-0.2, -0.15) is 0 Å². The maximum atomic E-state index is 12.5. The van der Waals surface area contributed by atoms with Crippen molar-refractivity contribution in [1.82, 2.24) is 24.1 Å². The molecule has 0 spiro atoms. The first-order valence-corrected chi connectivity index (χ1v) is 14.3. The predicted octanol–water partition coefficient (Wildman–Crippen LogP) is 6.93. The van der Waals surface area contributed by atoms with Gasteiger partial charge in [0, 0.05) is 29.0 Å². The Morgan fingerprint density at radius 1 is 1.03 bits per heavy atom. The molecule has 4 rings (SSSR count). The van der Waals surface area contributed by atoms with Crippen molar-refractivity contribution < 1.29 is 4.74 Å². The van der Waals surface area contributed by atoms with Crippen LogP contribution in [0.4, 0.5) is 0 Å². The Balaban J connectivity index is 1.46. The fraction of sp³-hybridized carbons (Fsp3) is 0.385. The summed E-state index contributed by atoms with van der Waals surface area (Å²) >= 11 is 11.0. The summed E-state index contributed by atoms with van der Waals surface area (Å²) in [5, 5.41) is 10.2. The second-order valence-electron chi connectivity index (χ2n) is 8.51. The van der Waals surface area contributed by atoms with Crippen molar-refractivity contribution in [2.75, 3.05) is 0 Å². The van der Waals surface area contributed by atoms with E-state index in [1.54, 1.807) is 24.4 Å². The highest BCUT2D eigenvalue weighted by molar-refractivity contribution is 9.10. The van der Waals surface area contributed by atoms with Crippen LogP contribution in [0.15, 0.2) is 63.1 Å². The molecule has 0 bridgehead atoms. The highest BCUT2D eigenvalue weighted by Gasteiger charge is 2.14. The van der Waals surface area contributed by atoms with Crippen molar-refractivity contribution in [3.05, 3.63) is 80.0 Å². The van der Waals surface area contributed by atoms with Crippen LogP contribution >= 0.6 is 39.3 Å². The van der Waals surface area contributed by atoms with Crippen LogP contribution in [0.25, 0.3) is 5.65 Å². The molecule has 0 N–H and O–H groups in total. The molecular weight excluding hydrogens is 562 g/mol. The van der Waals surface area contributed by atoms with E-state index >= 15 is 0 Å². The van der Waals surface area contributed by atoms with Crippen molar-refractivity contribution in [2.24, 2.45) is 0 Å². The Morgan fingerprint density at radius 2 is 1.81 bits per heavy atom. The molecule has 36 heavy (non-hydrogen) atoms. The summed E-state index contributed by atoms with van der Waals surface area (Å²) in [5.74, 6) is 2.08. The molecule has 0 fully saturated rings. The Labute approximate surface area is 228 Å². The number of benzene rings is 1. The molecular formula is C26H29BrClN5O2S. The molecule has 7 nitrogen and oxygen atoms in total. The molecule has 3 heterocycles. The highest BCUT2D eigenvalue weighted by atomic mass is 79.9. The van der Waals surface area contributed by atoms with Gasteiger partial charge in [-0.25, -0.2) is 4.98 Å². The van der Waals surface area contributed by atoms with E-state index in [1.165, 1.54) is 48.3 Å². The lowest BCUT2D eigenvalue weighted by atomic mass is 10.1. The molecule has 0 saturated carbocycles. The van der Waals surface area contributed by atoms with E-state index in [9.17, 15) is 4.79 Å². The van der Waals surface area contributed by atoms with Gasteiger partial charge in [-0.15, -0.1) is 10.2 Å². The number of halogens is 2. The maximum Gasteiger partial charge on any atom is 0.258 e.